The maximum Gasteiger partial charge on any atom is 0.165 e. The molecule has 0 aliphatic rings. The lowest BCUT2D eigenvalue weighted by atomic mass is 10.0. The van der Waals surface area contributed by atoms with Crippen LogP contribution in [0.3, 0.4) is 0 Å². The van der Waals surface area contributed by atoms with Gasteiger partial charge >= 0.3 is 0 Å². The van der Waals surface area contributed by atoms with Crippen LogP contribution >= 0.6 is 22.7 Å². The van der Waals surface area contributed by atoms with Gasteiger partial charge in [-0.1, -0.05) is 146 Å². The smallest absolute Gasteiger partial charge is 0.165 e. The number of thiophene rings is 2. The molecule has 0 N–H and O–H groups in total. The minimum Gasteiger partial charge on any atom is -0.208 e. The Morgan fingerprint density at radius 1 is 0.268 bits per heavy atom. The zero-order valence-corrected chi connectivity index (χ0v) is 31.3. The maximum absolute atomic E-state index is 5.30. The summed E-state index contributed by atoms with van der Waals surface area (Å²) in [5.41, 5.74) is 5.69. The fourth-order valence-corrected chi connectivity index (χ4v) is 9.80. The van der Waals surface area contributed by atoms with E-state index in [0.29, 0.717) is 34.9 Å². The highest BCUT2D eigenvalue weighted by molar-refractivity contribution is 7.26. The van der Waals surface area contributed by atoms with Crippen LogP contribution in [0.25, 0.3) is 109 Å². The number of aromatic nitrogens is 6. The van der Waals surface area contributed by atoms with Gasteiger partial charge in [0.15, 0.2) is 34.9 Å². The van der Waals surface area contributed by atoms with Crippen LogP contribution in [0.4, 0.5) is 0 Å². The molecule has 6 nitrogen and oxygen atoms in total. The summed E-state index contributed by atoms with van der Waals surface area (Å²) in [4.78, 5) is 30.7. The third kappa shape index (κ3) is 5.54. The summed E-state index contributed by atoms with van der Waals surface area (Å²) >= 11 is 3.52. The summed E-state index contributed by atoms with van der Waals surface area (Å²) in [6.45, 7) is 0. The van der Waals surface area contributed by atoms with E-state index in [4.69, 9.17) is 29.9 Å². The van der Waals surface area contributed by atoms with Gasteiger partial charge in [0, 0.05) is 73.7 Å². The first-order valence-corrected chi connectivity index (χ1v) is 19.9. The highest BCUT2D eigenvalue weighted by Crippen LogP contribution is 2.44. The molecule has 4 aromatic heterocycles. The molecule has 11 aromatic rings. The molecule has 11 rings (SSSR count). The highest BCUT2D eigenvalue weighted by atomic mass is 32.1. The van der Waals surface area contributed by atoms with Gasteiger partial charge < -0.3 is 0 Å². The highest BCUT2D eigenvalue weighted by Gasteiger charge is 2.21. The summed E-state index contributed by atoms with van der Waals surface area (Å²) in [6.07, 6.45) is 0. The fraction of sp³-hybridized carbons (Fsp3) is 0. The van der Waals surface area contributed by atoms with Gasteiger partial charge in [0.2, 0.25) is 0 Å². The van der Waals surface area contributed by atoms with Gasteiger partial charge in [0.1, 0.15) is 0 Å². The number of fused-ring (bicyclic) bond motifs is 6. The molecule has 0 amide bonds. The standard InChI is InChI=1S/C48H28N6S2/c1-4-15-29(16-5-1)43-49-44(30-17-6-2-7-18-30)53-48(52-43)36-25-12-22-33-41-35(24-14-28-39(41)56-42(33)36)47-51-45(31-19-8-3-9-20-31)50-46(54-47)34-23-13-27-38-40(34)32-21-10-11-26-37(32)55-38/h1-28H. The molecule has 262 valence electrons. The molecule has 8 heteroatoms. The molecular weight excluding hydrogens is 725 g/mol. The topological polar surface area (TPSA) is 77.3 Å². The predicted octanol–water partition coefficient (Wildman–Crippen LogP) is 12.8. The Hall–Kier alpha value is -7.00. The average Bonchev–Trinajstić information content (AvgIpc) is 3.86. The Bertz CT molecular complexity index is 3190. The first kappa shape index (κ1) is 32.4. The number of nitrogens with zero attached hydrogens (tertiary/aromatic N) is 6. The van der Waals surface area contributed by atoms with Gasteiger partial charge in [-0.05, 0) is 24.3 Å². The Morgan fingerprint density at radius 2 is 0.643 bits per heavy atom. The maximum atomic E-state index is 5.30. The Labute approximate surface area is 329 Å². The molecule has 0 saturated carbocycles. The van der Waals surface area contributed by atoms with Crippen LogP contribution in [0.2, 0.25) is 0 Å². The summed E-state index contributed by atoms with van der Waals surface area (Å²) in [5.74, 6) is 3.79. The Kier molecular flexibility index (Phi) is 7.75. The normalized spacial score (nSPS) is 11.6. The van der Waals surface area contributed by atoms with Gasteiger partial charge in [0.25, 0.3) is 0 Å². The molecule has 0 aliphatic carbocycles. The van der Waals surface area contributed by atoms with Crippen molar-refractivity contribution in [2.75, 3.05) is 0 Å². The van der Waals surface area contributed by atoms with Gasteiger partial charge in [0.05, 0.1) is 0 Å². The lowest BCUT2D eigenvalue weighted by Crippen LogP contribution is -2.00. The molecule has 0 unspecified atom stereocenters. The monoisotopic (exact) mass is 752 g/mol. The number of benzene rings is 7. The molecular formula is C48H28N6S2. The zero-order chi connectivity index (χ0) is 37.0. The van der Waals surface area contributed by atoms with Crippen LogP contribution in [0.1, 0.15) is 0 Å². The van der Waals surface area contributed by atoms with Crippen molar-refractivity contribution in [2.45, 2.75) is 0 Å². The molecule has 4 heterocycles. The van der Waals surface area contributed by atoms with Crippen LogP contribution in [0.15, 0.2) is 170 Å². The molecule has 0 saturated heterocycles. The Morgan fingerprint density at radius 3 is 1.21 bits per heavy atom. The van der Waals surface area contributed by atoms with Crippen LogP contribution in [-0.4, -0.2) is 29.9 Å². The van der Waals surface area contributed by atoms with E-state index in [1.165, 1.54) is 14.8 Å². The quantitative estimate of drug-likeness (QED) is 0.168. The molecule has 7 aromatic carbocycles. The van der Waals surface area contributed by atoms with E-state index in [0.717, 1.165) is 58.9 Å². The molecule has 0 radical (unpaired) electrons. The van der Waals surface area contributed by atoms with Gasteiger partial charge in [-0.15, -0.1) is 22.7 Å². The number of hydrogen-bond donors (Lipinski definition) is 0. The lowest BCUT2D eigenvalue weighted by Gasteiger charge is -2.11. The van der Waals surface area contributed by atoms with Crippen molar-refractivity contribution in [3.8, 4) is 68.3 Å². The summed E-state index contributed by atoms with van der Waals surface area (Å²) in [6, 6.07) is 58.1. The van der Waals surface area contributed by atoms with E-state index in [9.17, 15) is 0 Å². The van der Waals surface area contributed by atoms with E-state index < -0.39 is 0 Å². The van der Waals surface area contributed by atoms with Crippen LogP contribution in [0, 0.1) is 0 Å². The SMILES string of the molecule is c1ccc(-c2nc(-c3ccccc3)nc(-c3cccc4c3sc3cccc(-c5nc(-c6ccccc6)nc(-c6cccc7sc8ccccc8c67)n5)c34)n2)cc1. The number of rotatable bonds is 6. The van der Waals surface area contributed by atoms with Crippen LogP contribution in [0.5, 0.6) is 0 Å². The van der Waals surface area contributed by atoms with Crippen molar-refractivity contribution in [3.05, 3.63) is 170 Å². The second kappa shape index (κ2) is 13.4. The summed E-state index contributed by atoms with van der Waals surface area (Å²) in [5, 5.41) is 4.55. The molecule has 0 bridgehead atoms. The van der Waals surface area contributed by atoms with Gasteiger partial charge in [-0.2, -0.15) is 0 Å². The van der Waals surface area contributed by atoms with Crippen molar-refractivity contribution >= 4 is 63.0 Å². The largest absolute Gasteiger partial charge is 0.208 e. The van der Waals surface area contributed by atoms with Crippen molar-refractivity contribution < 1.29 is 0 Å². The van der Waals surface area contributed by atoms with Crippen molar-refractivity contribution in [1.82, 2.24) is 29.9 Å². The minimum absolute atomic E-state index is 0.624. The average molecular weight is 753 g/mol. The Balaban J connectivity index is 1.14. The van der Waals surface area contributed by atoms with E-state index in [2.05, 4.69) is 91.0 Å². The van der Waals surface area contributed by atoms with Gasteiger partial charge in [-0.3, -0.25) is 0 Å². The predicted molar refractivity (Wildman–Crippen MR) is 232 cm³/mol. The molecule has 56 heavy (non-hydrogen) atoms. The molecule has 0 atom stereocenters. The van der Waals surface area contributed by atoms with E-state index in [1.807, 2.05) is 78.9 Å². The molecule has 0 aliphatic heterocycles. The third-order valence-corrected chi connectivity index (χ3v) is 12.4. The van der Waals surface area contributed by atoms with Crippen molar-refractivity contribution in [2.24, 2.45) is 0 Å². The lowest BCUT2D eigenvalue weighted by molar-refractivity contribution is 1.08. The van der Waals surface area contributed by atoms with Crippen molar-refractivity contribution in [1.29, 1.82) is 0 Å². The number of hydrogen-bond acceptors (Lipinski definition) is 8. The molecule has 0 spiro atoms. The third-order valence-electron chi connectivity index (χ3n) is 10.0. The van der Waals surface area contributed by atoms with E-state index in [1.54, 1.807) is 22.7 Å². The van der Waals surface area contributed by atoms with Crippen LogP contribution < -0.4 is 0 Å². The van der Waals surface area contributed by atoms with E-state index in [-0.39, 0.29) is 0 Å². The fourth-order valence-electron chi connectivity index (χ4n) is 7.43. The summed E-state index contributed by atoms with van der Waals surface area (Å²) < 4.78 is 4.66. The first-order valence-electron chi connectivity index (χ1n) is 18.3. The van der Waals surface area contributed by atoms with Crippen molar-refractivity contribution in [3.63, 3.8) is 0 Å². The second-order valence-electron chi connectivity index (χ2n) is 13.5. The van der Waals surface area contributed by atoms with Crippen LogP contribution in [-0.2, 0) is 0 Å². The minimum atomic E-state index is 0.624. The zero-order valence-electron chi connectivity index (χ0n) is 29.7. The van der Waals surface area contributed by atoms with Gasteiger partial charge in [-0.25, -0.2) is 29.9 Å². The summed E-state index contributed by atoms with van der Waals surface area (Å²) in [7, 11) is 0. The first-order chi connectivity index (χ1) is 27.7. The second-order valence-corrected chi connectivity index (χ2v) is 15.6. The van der Waals surface area contributed by atoms with E-state index >= 15 is 0 Å². The molecule has 0 fully saturated rings.